The molecule has 0 fully saturated rings. The van der Waals surface area contributed by atoms with Gasteiger partial charge in [-0.15, -0.1) is 0 Å². The zero-order valence-corrected chi connectivity index (χ0v) is 19.8. The maximum absolute atomic E-state index is 13.1. The molecule has 0 N–H and O–H groups in total. The van der Waals surface area contributed by atoms with Crippen LogP contribution in [-0.4, -0.2) is 22.5 Å². The minimum absolute atomic E-state index is 0.00418. The number of hydrogen-bond acceptors (Lipinski definition) is 4. The Hall–Kier alpha value is -1.96. The molecule has 0 radical (unpaired) electrons. The van der Waals surface area contributed by atoms with Crippen LogP contribution < -0.4 is 10.3 Å². The summed E-state index contributed by atoms with van der Waals surface area (Å²) in [5.74, 6) is 1.12. The Kier molecular flexibility index (Phi) is 6.93. The van der Waals surface area contributed by atoms with E-state index >= 15 is 0 Å². The van der Waals surface area contributed by atoms with Crippen LogP contribution in [0.1, 0.15) is 31.2 Å². The van der Waals surface area contributed by atoms with Crippen molar-refractivity contribution in [1.29, 1.82) is 0 Å². The van der Waals surface area contributed by atoms with Crippen LogP contribution >= 0.6 is 43.5 Å². The van der Waals surface area contributed by atoms with Crippen LogP contribution in [0.15, 0.2) is 61.8 Å². The standard InChI is InChI=1S/C21H18Br2ClN3O2/c1-4-7-29-19-13(8-15(24)10-17(19)23)11-25-27-20(12(2)3)26-18-6-5-14(22)9-16(18)21(27)28/h4-6,8-12H,1,7H2,2-3H3. The Morgan fingerprint density at radius 1 is 1.31 bits per heavy atom. The van der Waals surface area contributed by atoms with Gasteiger partial charge in [0.1, 0.15) is 18.2 Å². The molecule has 0 aliphatic rings. The highest BCUT2D eigenvalue weighted by Gasteiger charge is 2.15. The van der Waals surface area contributed by atoms with Gasteiger partial charge in [0.2, 0.25) is 0 Å². The van der Waals surface area contributed by atoms with Crippen LogP contribution in [0.5, 0.6) is 5.75 Å². The average molecular weight is 540 g/mol. The first-order valence-electron chi connectivity index (χ1n) is 8.81. The lowest BCUT2D eigenvalue weighted by Gasteiger charge is -2.13. The maximum atomic E-state index is 13.1. The van der Waals surface area contributed by atoms with Gasteiger partial charge in [-0.25, -0.2) is 4.98 Å². The highest BCUT2D eigenvalue weighted by Crippen LogP contribution is 2.32. The van der Waals surface area contributed by atoms with Gasteiger partial charge in [-0.3, -0.25) is 4.79 Å². The van der Waals surface area contributed by atoms with E-state index < -0.39 is 0 Å². The van der Waals surface area contributed by atoms with Crippen molar-refractivity contribution in [3.05, 3.63) is 78.7 Å². The first-order valence-corrected chi connectivity index (χ1v) is 10.8. The number of fused-ring (bicyclic) bond motifs is 1. The van der Waals surface area contributed by atoms with Crippen molar-refractivity contribution in [3.8, 4) is 5.75 Å². The number of aromatic nitrogens is 2. The van der Waals surface area contributed by atoms with Crippen LogP contribution in [0.25, 0.3) is 10.9 Å². The molecular formula is C21H18Br2ClN3O2. The lowest BCUT2D eigenvalue weighted by molar-refractivity contribution is 0.360. The molecule has 0 aliphatic carbocycles. The molecule has 5 nitrogen and oxygen atoms in total. The van der Waals surface area contributed by atoms with Crippen LogP contribution in [0.4, 0.5) is 0 Å². The summed E-state index contributed by atoms with van der Waals surface area (Å²) in [7, 11) is 0. The number of hydrogen-bond donors (Lipinski definition) is 0. The predicted molar refractivity (Wildman–Crippen MR) is 126 cm³/mol. The quantitative estimate of drug-likeness (QED) is 0.279. The van der Waals surface area contributed by atoms with Crippen molar-refractivity contribution in [2.75, 3.05) is 6.61 Å². The van der Waals surface area contributed by atoms with Gasteiger partial charge < -0.3 is 4.74 Å². The van der Waals surface area contributed by atoms with E-state index in [1.54, 1.807) is 30.5 Å². The SMILES string of the molecule is C=CCOc1c(Br)cc(Cl)cc1C=Nn1c(C(C)C)nc2ccc(Br)cc2c1=O. The number of benzene rings is 2. The largest absolute Gasteiger partial charge is 0.488 e. The van der Waals surface area contributed by atoms with Crippen molar-refractivity contribution in [3.63, 3.8) is 0 Å². The second-order valence-electron chi connectivity index (χ2n) is 6.55. The molecule has 0 saturated heterocycles. The summed E-state index contributed by atoms with van der Waals surface area (Å²) < 4.78 is 8.54. The Morgan fingerprint density at radius 2 is 2.07 bits per heavy atom. The van der Waals surface area contributed by atoms with Crippen LogP contribution in [0.3, 0.4) is 0 Å². The first kappa shape index (κ1) is 21.7. The van der Waals surface area contributed by atoms with Gasteiger partial charge >= 0.3 is 0 Å². The second-order valence-corrected chi connectivity index (χ2v) is 8.76. The molecule has 29 heavy (non-hydrogen) atoms. The summed E-state index contributed by atoms with van der Waals surface area (Å²) in [5.41, 5.74) is 1.02. The van der Waals surface area contributed by atoms with E-state index in [0.29, 0.717) is 44.1 Å². The minimum atomic E-state index is -0.245. The summed E-state index contributed by atoms with van der Waals surface area (Å²) in [5, 5.41) is 5.44. The van der Waals surface area contributed by atoms with E-state index in [9.17, 15) is 4.79 Å². The zero-order valence-electron chi connectivity index (χ0n) is 15.8. The summed E-state index contributed by atoms with van der Waals surface area (Å²) in [6.07, 6.45) is 3.20. The van der Waals surface area contributed by atoms with Gasteiger partial charge in [0.15, 0.2) is 0 Å². The molecule has 3 aromatic rings. The molecule has 0 atom stereocenters. The smallest absolute Gasteiger partial charge is 0.282 e. The summed E-state index contributed by atoms with van der Waals surface area (Å²) in [6, 6.07) is 8.88. The van der Waals surface area contributed by atoms with Crippen molar-refractivity contribution in [2.24, 2.45) is 5.10 Å². The molecule has 0 amide bonds. The maximum Gasteiger partial charge on any atom is 0.282 e. The van der Waals surface area contributed by atoms with Gasteiger partial charge in [-0.2, -0.15) is 9.78 Å². The van der Waals surface area contributed by atoms with Gasteiger partial charge in [0, 0.05) is 21.0 Å². The highest BCUT2D eigenvalue weighted by molar-refractivity contribution is 9.10. The molecule has 0 unspecified atom stereocenters. The molecule has 0 saturated carbocycles. The fourth-order valence-corrected chi connectivity index (χ4v) is 4.05. The van der Waals surface area contributed by atoms with E-state index in [1.165, 1.54) is 4.68 Å². The van der Waals surface area contributed by atoms with Gasteiger partial charge in [0.25, 0.3) is 5.56 Å². The van der Waals surface area contributed by atoms with E-state index in [-0.39, 0.29) is 11.5 Å². The Morgan fingerprint density at radius 3 is 2.76 bits per heavy atom. The Bertz CT molecular complexity index is 1170. The third-order valence-electron chi connectivity index (χ3n) is 4.04. The van der Waals surface area contributed by atoms with Crippen molar-refractivity contribution >= 4 is 60.6 Å². The van der Waals surface area contributed by atoms with Crippen LogP contribution in [0, 0.1) is 0 Å². The summed E-state index contributed by atoms with van der Waals surface area (Å²) >= 11 is 13.1. The molecule has 2 aromatic carbocycles. The zero-order chi connectivity index (χ0) is 21.1. The lowest BCUT2D eigenvalue weighted by atomic mass is 10.2. The number of rotatable bonds is 6. The average Bonchev–Trinajstić information content (AvgIpc) is 2.66. The molecule has 0 aliphatic heterocycles. The number of ether oxygens (including phenoxy) is 1. The lowest BCUT2D eigenvalue weighted by Crippen LogP contribution is -2.23. The predicted octanol–water partition coefficient (Wildman–Crippen LogP) is 6.15. The Labute approximate surface area is 190 Å². The molecule has 1 aromatic heterocycles. The molecule has 0 bridgehead atoms. The normalized spacial score (nSPS) is 11.5. The molecule has 0 spiro atoms. The fraction of sp³-hybridized carbons (Fsp3) is 0.190. The second kappa shape index (κ2) is 9.24. The van der Waals surface area contributed by atoms with E-state index in [0.717, 1.165) is 4.47 Å². The van der Waals surface area contributed by atoms with Crippen LogP contribution in [0.2, 0.25) is 5.02 Å². The number of halogens is 3. The first-order chi connectivity index (χ1) is 13.8. The molecule has 3 rings (SSSR count). The Balaban J connectivity index is 2.18. The monoisotopic (exact) mass is 537 g/mol. The van der Waals surface area contributed by atoms with Crippen molar-refractivity contribution < 1.29 is 4.74 Å². The number of nitrogens with zero attached hydrogens (tertiary/aromatic N) is 3. The topological polar surface area (TPSA) is 56.5 Å². The summed E-state index contributed by atoms with van der Waals surface area (Å²) in [4.78, 5) is 17.8. The third kappa shape index (κ3) is 4.79. The van der Waals surface area contributed by atoms with Gasteiger partial charge in [-0.05, 0) is 46.3 Å². The minimum Gasteiger partial charge on any atom is -0.488 e. The van der Waals surface area contributed by atoms with Gasteiger partial charge in [0.05, 0.1) is 21.6 Å². The van der Waals surface area contributed by atoms with Gasteiger partial charge in [-0.1, -0.05) is 54.0 Å². The highest BCUT2D eigenvalue weighted by atomic mass is 79.9. The van der Waals surface area contributed by atoms with Crippen molar-refractivity contribution in [1.82, 2.24) is 9.66 Å². The molecule has 150 valence electrons. The van der Waals surface area contributed by atoms with E-state index in [1.807, 2.05) is 26.0 Å². The fourth-order valence-electron chi connectivity index (χ4n) is 2.74. The third-order valence-corrected chi connectivity index (χ3v) is 5.35. The molecule has 1 heterocycles. The summed E-state index contributed by atoms with van der Waals surface area (Å²) in [6.45, 7) is 7.92. The van der Waals surface area contributed by atoms with Crippen LogP contribution in [-0.2, 0) is 0 Å². The van der Waals surface area contributed by atoms with E-state index in [2.05, 4.69) is 48.5 Å². The van der Waals surface area contributed by atoms with E-state index in [4.69, 9.17) is 16.3 Å². The van der Waals surface area contributed by atoms with Crippen molar-refractivity contribution in [2.45, 2.75) is 19.8 Å². The molecule has 8 heteroatoms. The molecular weight excluding hydrogens is 522 g/mol.